The highest BCUT2D eigenvalue weighted by Gasteiger charge is 2.39. The number of hydrogen-bond acceptors (Lipinski definition) is 7. The number of sulfonamides is 1. The molecule has 1 heterocycles. The molecule has 4 rings (SSSR count). The Morgan fingerprint density at radius 1 is 1.16 bits per heavy atom. The van der Waals surface area contributed by atoms with Gasteiger partial charge in [0.05, 0.1) is 46.1 Å². The number of ether oxygens (including phenoxy) is 2. The first-order valence-electron chi connectivity index (χ1n) is 14.1. The fourth-order valence-corrected chi connectivity index (χ4v) is 6.86. The molecule has 0 saturated carbocycles. The number of hydrogen-bond donors (Lipinski definition) is 2. The molecule has 0 amide bonds. The molecule has 2 unspecified atom stereocenters. The number of ketones is 1. The van der Waals surface area contributed by atoms with Crippen molar-refractivity contribution in [2.75, 3.05) is 17.6 Å². The monoisotopic (exact) mass is 695 g/mol. The van der Waals surface area contributed by atoms with Crippen molar-refractivity contribution >= 4 is 37.4 Å². The fraction of sp³-hybridized carbons (Fsp3) is 0.419. The number of rotatable bonds is 10. The molecule has 0 saturated heterocycles. The van der Waals surface area contributed by atoms with E-state index in [4.69, 9.17) is 9.47 Å². The smallest absolute Gasteiger partial charge is 0.416 e. The van der Waals surface area contributed by atoms with E-state index in [2.05, 4.69) is 39.0 Å². The van der Waals surface area contributed by atoms with E-state index in [9.17, 15) is 31.6 Å². The van der Waals surface area contributed by atoms with E-state index in [1.54, 1.807) is 19.1 Å². The zero-order chi connectivity index (χ0) is 32.4. The Hall–Kier alpha value is -3.50. The summed E-state index contributed by atoms with van der Waals surface area (Å²) in [5.41, 5.74) is 1.98. The second-order valence-corrected chi connectivity index (χ2v) is 13.5. The van der Waals surface area contributed by atoms with Gasteiger partial charge in [0.1, 0.15) is 6.61 Å². The Bertz CT molecular complexity index is 1680. The number of dihydropyridines is 1. The largest absolute Gasteiger partial charge is 0.490 e. The van der Waals surface area contributed by atoms with E-state index in [-0.39, 0.29) is 47.7 Å². The lowest BCUT2D eigenvalue weighted by molar-refractivity contribution is -0.137. The Labute approximate surface area is 263 Å². The summed E-state index contributed by atoms with van der Waals surface area (Å²) in [6.45, 7) is 5.61. The summed E-state index contributed by atoms with van der Waals surface area (Å²) in [4.78, 5) is 13.5. The summed E-state index contributed by atoms with van der Waals surface area (Å²) in [7, 11) is -3.90. The van der Waals surface area contributed by atoms with Crippen LogP contribution in [0.15, 0.2) is 57.3 Å². The average molecular weight is 697 g/mol. The van der Waals surface area contributed by atoms with Crippen LogP contribution in [-0.4, -0.2) is 27.1 Å². The summed E-state index contributed by atoms with van der Waals surface area (Å²) in [6, 6.07) is 8.41. The number of carbonyl (C=O) groups excluding carboxylic acids is 1. The molecule has 0 radical (unpaired) electrons. The standard InChI is InChI=1S/C31H33BrF3N3O5S/c1-5-7-18-10-25-29(26(39)11-18)28(22(15-36)17(3)37-25)20-12-23(32)30(27(13-20)42-6-2)43-16-19-8-9-21(31(33,34)35)14-24(19)38-44(4,40)41/h8-9,12-14,18,28,37-38H,5-7,10-11,16H2,1-4H3. The van der Waals surface area contributed by atoms with Crippen molar-refractivity contribution in [3.8, 4) is 17.6 Å². The summed E-state index contributed by atoms with van der Waals surface area (Å²) in [5.74, 6) is 0.0938. The Balaban J connectivity index is 1.74. The van der Waals surface area contributed by atoms with Gasteiger partial charge >= 0.3 is 6.18 Å². The van der Waals surface area contributed by atoms with E-state index in [0.717, 1.165) is 36.9 Å². The summed E-state index contributed by atoms with van der Waals surface area (Å²) < 4.78 is 78.3. The first kappa shape index (κ1) is 33.4. The van der Waals surface area contributed by atoms with Gasteiger partial charge in [0, 0.05) is 29.0 Å². The minimum Gasteiger partial charge on any atom is -0.490 e. The maximum absolute atomic E-state index is 13.5. The second kappa shape index (κ2) is 13.2. The summed E-state index contributed by atoms with van der Waals surface area (Å²) in [5, 5.41) is 13.4. The number of anilines is 1. The van der Waals surface area contributed by atoms with E-state index in [1.807, 2.05) is 6.92 Å². The van der Waals surface area contributed by atoms with Crippen molar-refractivity contribution < 1.29 is 35.9 Å². The molecule has 13 heteroatoms. The zero-order valence-electron chi connectivity index (χ0n) is 24.7. The van der Waals surface area contributed by atoms with Crippen molar-refractivity contribution in [2.45, 2.75) is 65.2 Å². The topological polar surface area (TPSA) is 118 Å². The number of benzene rings is 2. The first-order chi connectivity index (χ1) is 20.7. The number of carbonyl (C=O) groups is 1. The molecule has 1 aliphatic heterocycles. The van der Waals surface area contributed by atoms with Gasteiger partial charge in [-0.3, -0.25) is 9.52 Å². The number of nitriles is 1. The van der Waals surface area contributed by atoms with Gasteiger partial charge in [-0.05, 0) is 78.4 Å². The van der Waals surface area contributed by atoms with Crippen LogP contribution in [0.2, 0.25) is 0 Å². The lowest BCUT2D eigenvalue weighted by Gasteiger charge is -2.35. The number of allylic oxidation sites excluding steroid dienone is 4. The van der Waals surface area contributed by atoms with E-state index in [1.165, 1.54) is 0 Å². The maximum Gasteiger partial charge on any atom is 0.416 e. The van der Waals surface area contributed by atoms with Gasteiger partial charge in [-0.15, -0.1) is 0 Å². The van der Waals surface area contributed by atoms with Crippen molar-refractivity contribution in [1.82, 2.24) is 5.32 Å². The highest BCUT2D eigenvalue weighted by atomic mass is 79.9. The zero-order valence-corrected chi connectivity index (χ0v) is 27.1. The molecule has 2 aromatic carbocycles. The van der Waals surface area contributed by atoms with Crippen LogP contribution in [0.5, 0.6) is 11.5 Å². The molecule has 0 aromatic heterocycles. The van der Waals surface area contributed by atoms with Gasteiger partial charge in [-0.25, -0.2) is 8.42 Å². The molecular formula is C31H33BrF3N3O5S. The van der Waals surface area contributed by atoms with Gasteiger partial charge in [-0.1, -0.05) is 19.4 Å². The Morgan fingerprint density at radius 3 is 2.50 bits per heavy atom. The van der Waals surface area contributed by atoms with Crippen LogP contribution in [0.1, 0.15) is 69.1 Å². The number of halogens is 4. The highest BCUT2D eigenvalue weighted by molar-refractivity contribution is 9.10. The van der Waals surface area contributed by atoms with Crippen molar-refractivity contribution in [2.24, 2.45) is 5.92 Å². The first-order valence-corrected chi connectivity index (χ1v) is 16.8. The van der Waals surface area contributed by atoms with Crippen LogP contribution in [0, 0.1) is 17.2 Å². The number of nitrogens with zero attached hydrogens (tertiary/aromatic N) is 1. The van der Waals surface area contributed by atoms with Gasteiger partial charge in [0.15, 0.2) is 17.3 Å². The van der Waals surface area contributed by atoms with Gasteiger partial charge < -0.3 is 14.8 Å². The van der Waals surface area contributed by atoms with Crippen molar-refractivity contribution in [3.05, 3.63) is 74.0 Å². The van der Waals surface area contributed by atoms with Gasteiger partial charge in [-0.2, -0.15) is 18.4 Å². The lowest BCUT2D eigenvalue weighted by atomic mass is 9.72. The Kier molecular flexibility index (Phi) is 10.0. The molecule has 0 fully saturated rings. The third-order valence-corrected chi connectivity index (χ3v) is 8.68. The summed E-state index contributed by atoms with van der Waals surface area (Å²) >= 11 is 3.52. The third-order valence-electron chi connectivity index (χ3n) is 7.50. The average Bonchev–Trinajstić information content (AvgIpc) is 2.91. The number of Topliss-reactive ketones (excluding diaryl/α,β-unsaturated/α-hetero) is 1. The predicted octanol–water partition coefficient (Wildman–Crippen LogP) is 7.33. The minimum absolute atomic E-state index is 0.00920. The quantitative estimate of drug-likeness (QED) is 0.267. The molecule has 44 heavy (non-hydrogen) atoms. The van der Waals surface area contributed by atoms with Crippen molar-refractivity contribution in [3.63, 3.8) is 0 Å². The highest BCUT2D eigenvalue weighted by Crippen LogP contribution is 2.47. The summed E-state index contributed by atoms with van der Waals surface area (Å²) in [6.07, 6.45) is -0.833. The molecule has 0 spiro atoms. The third kappa shape index (κ3) is 7.41. The van der Waals surface area contributed by atoms with E-state index >= 15 is 0 Å². The number of nitrogens with one attached hydrogen (secondary N) is 2. The van der Waals surface area contributed by atoms with Crippen LogP contribution < -0.4 is 19.5 Å². The van der Waals surface area contributed by atoms with Crippen LogP contribution in [0.4, 0.5) is 18.9 Å². The molecular weight excluding hydrogens is 663 g/mol. The molecule has 8 nitrogen and oxygen atoms in total. The molecule has 2 aromatic rings. The van der Waals surface area contributed by atoms with E-state index < -0.39 is 27.7 Å². The second-order valence-electron chi connectivity index (χ2n) is 10.9. The van der Waals surface area contributed by atoms with Crippen LogP contribution in [0.3, 0.4) is 0 Å². The van der Waals surface area contributed by atoms with Crippen LogP contribution >= 0.6 is 15.9 Å². The molecule has 2 atom stereocenters. The van der Waals surface area contributed by atoms with Crippen LogP contribution in [0.25, 0.3) is 0 Å². The normalized spacial score (nSPS) is 18.8. The minimum atomic E-state index is -4.68. The molecule has 2 N–H and O–H groups in total. The predicted molar refractivity (Wildman–Crippen MR) is 163 cm³/mol. The van der Waals surface area contributed by atoms with Gasteiger partial charge in [0.25, 0.3) is 0 Å². The number of alkyl halides is 3. The maximum atomic E-state index is 13.5. The Morgan fingerprint density at radius 2 is 1.89 bits per heavy atom. The SMILES string of the molecule is CCCC1CC(=O)C2=C(C1)NC(C)=C(C#N)C2c1cc(Br)c(OCc2ccc(C(F)(F)F)cc2NS(C)(=O)=O)c(OCC)c1. The van der Waals surface area contributed by atoms with Gasteiger partial charge in [0.2, 0.25) is 10.0 Å². The molecule has 0 bridgehead atoms. The molecule has 236 valence electrons. The van der Waals surface area contributed by atoms with E-state index in [0.29, 0.717) is 45.8 Å². The molecule has 1 aliphatic carbocycles. The molecule has 2 aliphatic rings. The lowest BCUT2D eigenvalue weighted by Crippen LogP contribution is -2.34. The van der Waals surface area contributed by atoms with Crippen molar-refractivity contribution in [1.29, 1.82) is 5.26 Å². The van der Waals surface area contributed by atoms with Crippen LogP contribution in [-0.2, 0) is 27.6 Å². The fourth-order valence-electron chi connectivity index (χ4n) is 5.69.